The van der Waals surface area contributed by atoms with Gasteiger partial charge >= 0.3 is 10.1 Å². The Labute approximate surface area is 179 Å². The molecule has 28 heavy (non-hydrogen) atoms. The van der Waals surface area contributed by atoms with Crippen molar-refractivity contribution >= 4 is 65.3 Å². The number of carbonyl (C=O) groups is 1. The normalized spacial score (nSPS) is 11.4. The van der Waals surface area contributed by atoms with Crippen LogP contribution < -0.4 is 20.6 Å². The van der Waals surface area contributed by atoms with E-state index in [2.05, 4.69) is 52.5 Å². The summed E-state index contributed by atoms with van der Waals surface area (Å²) < 4.78 is 28.5. The fourth-order valence-electron chi connectivity index (χ4n) is 2.05. The number of primary amides is 1. The first-order chi connectivity index (χ1) is 13.0. The Hall–Kier alpha value is -1.92. The lowest BCUT2D eigenvalue weighted by atomic mass is 10.2. The van der Waals surface area contributed by atoms with Crippen molar-refractivity contribution in [2.24, 2.45) is 11.7 Å². The first kappa shape index (κ1) is 22.4. The van der Waals surface area contributed by atoms with Crippen LogP contribution in [0, 0.1) is 5.92 Å². The molecule has 0 aliphatic carbocycles. The SMILES string of the molecule is CC(C)CNc1nc(Nc2cc(Br)c(OS(C)(=O)=O)c(Br)c2)ncc1C(N)=O. The molecule has 9 nitrogen and oxygen atoms in total. The lowest BCUT2D eigenvalue weighted by molar-refractivity contribution is 0.100. The topological polar surface area (TPSA) is 136 Å². The Bertz CT molecular complexity index is 976. The van der Waals surface area contributed by atoms with Gasteiger partial charge in [-0.1, -0.05) is 13.8 Å². The number of nitrogens with zero attached hydrogens (tertiary/aromatic N) is 2. The summed E-state index contributed by atoms with van der Waals surface area (Å²) in [5.41, 5.74) is 6.12. The molecule has 0 aliphatic rings. The van der Waals surface area contributed by atoms with Gasteiger partial charge in [0.15, 0.2) is 5.75 Å². The van der Waals surface area contributed by atoms with E-state index < -0.39 is 16.0 Å². The van der Waals surface area contributed by atoms with Gasteiger partial charge in [-0.05, 0) is 49.9 Å². The highest BCUT2D eigenvalue weighted by Crippen LogP contribution is 2.37. The lowest BCUT2D eigenvalue weighted by Gasteiger charge is -2.14. The number of hydrogen-bond donors (Lipinski definition) is 3. The second-order valence-electron chi connectivity index (χ2n) is 6.28. The summed E-state index contributed by atoms with van der Waals surface area (Å²) in [5, 5.41) is 6.07. The quantitative estimate of drug-likeness (QED) is 0.437. The highest BCUT2D eigenvalue weighted by atomic mass is 79.9. The van der Waals surface area contributed by atoms with Gasteiger partial charge in [0.05, 0.1) is 20.8 Å². The van der Waals surface area contributed by atoms with E-state index in [1.165, 1.54) is 6.20 Å². The number of benzene rings is 1. The van der Waals surface area contributed by atoms with Crippen LogP contribution in [-0.4, -0.2) is 37.1 Å². The van der Waals surface area contributed by atoms with E-state index in [-0.39, 0.29) is 17.3 Å². The molecule has 0 radical (unpaired) electrons. The van der Waals surface area contributed by atoms with Crippen LogP contribution in [0.5, 0.6) is 5.75 Å². The molecule has 0 saturated heterocycles. The molecular weight excluding hydrogens is 518 g/mol. The van der Waals surface area contributed by atoms with Crippen molar-refractivity contribution in [2.45, 2.75) is 13.8 Å². The highest BCUT2D eigenvalue weighted by Gasteiger charge is 2.16. The lowest BCUT2D eigenvalue weighted by Crippen LogP contribution is -2.18. The summed E-state index contributed by atoms with van der Waals surface area (Å²) in [6.07, 6.45) is 2.30. The van der Waals surface area contributed by atoms with Gasteiger partial charge in [-0.3, -0.25) is 4.79 Å². The van der Waals surface area contributed by atoms with Crippen molar-refractivity contribution in [1.29, 1.82) is 0 Å². The smallest absolute Gasteiger partial charge is 0.306 e. The van der Waals surface area contributed by atoms with Crippen molar-refractivity contribution in [3.63, 3.8) is 0 Å². The minimum Gasteiger partial charge on any atom is -0.380 e. The molecule has 1 aromatic carbocycles. The van der Waals surface area contributed by atoms with E-state index in [0.717, 1.165) is 6.26 Å². The fraction of sp³-hybridized carbons (Fsp3) is 0.312. The monoisotopic (exact) mass is 535 g/mol. The predicted molar refractivity (Wildman–Crippen MR) is 114 cm³/mol. The first-order valence-corrected chi connectivity index (χ1v) is 11.4. The minimum absolute atomic E-state index is 0.123. The number of nitrogens with one attached hydrogen (secondary N) is 2. The zero-order valence-corrected chi connectivity index (χ0v) is 19.3. The molecule has 0 spiro atoms. The maximum atomic E-state index is 11.6. The van der Waals surface area contributed by atoms with Gasteiger partial charge in [0.2, 0.25) is 5.95 Å². The Morgan fingerprint density at radius 1 is 1.29 bits per heavy atom. The van der Waals surface area contributed by atoms with Crippen LogP contribution in [-0.2, 0) is 10.1 Å². The molecule has 1 aromatic heterocycles. The Morgan fingerprint density at radius 2 is 1.89 bits per heavy atom. The number of hydrogen-bond acceptors (Lipinski definition) is 8. The molecule has 0 saturated carbocycles. The molecule has 1 amide bonds. The van der Waals surface area contributed by atoms with Crippen molar-refractivity contribution in [3.05, 3.63) is 32.8 Å². The third kappa shape index (κ3) is 6.31. The standard InChI is InChI=1S/C16H19Br2N5O4S/c1-8(2)6-20-15-10(14(19)24)7-21-16(23-15)22-9-4-11(17)13(12(18)5-9)27-28(3,25)26/h4-5,7-8H,6H2,1-3H3,(H2,19,24)(H2,20,21,22,23). The van der Waals surface area contributed by atoms with E-state index >= 15 is 0 Å². The van der Waals surface area contributed by atoms with Crippen LogP contribution in [0.25, 0.3) is 0 Å². The molecule has 0 atom stereocenters. The van der Waals surface area contributed by atoms with Gasteiger partial charge in [0.25, 0.3) is 5.91 Å². The van der Waals surface area contributed by atoms with Crippen LogP contribution in [0.1, 0.15) is 24.2 Å². The molecule has 1 heterocycles. The number of halogens is 2. The molecule has 0 aliphatic heterocycles. The van der Waals surface area contributed by atoms with Crippen molar-refractivity contribution in [3.8, 4) is 5.75 Å². The molecule has 2 aromatic rings. The van der Waals surface area contributed by atoms with E-state index in [4.69, 9.17) is 9.92 Å². The summed E-state index contributed by atoms with van der Waals surface area (Å²) in [7, 11) is -3.68. The van der Waals surface area contributed by atoms with E-state index in [9.17, 15) is 13.2 Å². The van der Waals surface area contributed by atoms with Crippen molar-refractivity contribution < 1.29 is 17.4 Å². The second kappa shape index (κ2) is 9.05. The average molecular weight is 537 g/mol. The third-order valence-electron chi connectivity index (χ3n) is 3.22. The van der Waals surface area contributed by atoms with Gasteiger partial charge in [-0.15, -0.1) is 0 Å². The average Bonchev–Trinajstić information content (AvgIpc) is 2.55. The number of rotatable bonds is 8. The molecule has 12 heteroatoms. The molecule has 4 N–H and O–H groups in total. The van der Waals surface area contributed by atoms with Crippen LogP contribution in [0.4, 0.5) is 17.5 Å². The van der Waals surface area contributed by atoms with Gasteiger partial charge < -0.3 is 20.6 Å². The Kier molecular flexibility index (Phi) is 7.23. The fourth-order valence-corrected chi connectivity index (χ4v) is 4.09. The summed E-state index contributed by atoms with van der Waals surface area (Å²) in [4.78, 5) is 20.0. The summed E-state index contributed by atoms with van der Waals surface area (Å²) in [5.74, 6) is 0.380. The zero-order chi connectivity index (χ0) is 21.1. The molecule has 0 unspecified atom stereocenters. The van der Waals surface area contributed by atoms with Gasteiger partial charge in [-0.2, -0.15) is 13.4 Å². The van der Waals surface area contributed by atoms with Crippen molar-refractivity contribution in [2.75, 3.05) is 23.4 Å². The Balaban J connectivity index is 2.32. The number of amides is 1. The zero-order valence-electron chi connectivity index (χ0n) is 15.3. The predicted octanol–water partition coefficient (Wildman–Crippen LogP) is 3.25. The van der Waals surface area contributed by atoms with E-state index in [0.29, 0.717) is 32.9 Å². The second-order valence-corrected chi connectivity index (χ2v) is 9.56. The van der Waals surface area contributed by atoms with Crippen LogP contribution in [0.15, 0.2) is 27.3 Å². The van der Waals surface area contributed by atoms with Gasteiger partial charge in [0, 0.05) is 18.4 Å². The summed E-state index contributed by atoms with van der Waals surface area (Å²) in [6.45, 7) is 4.64. The van der Waals surface area contributed by atoms with E-state index in [1.54, 1.807) is 12.1 Å². The number of aromatic nitrogens is 2. The third-order valence-corrected chi connectivity index (χ3v) is 4.87. The van der Waals surface area contributed by atoms with Crippen LogP contribution in [0.3, 0.4) is 0 Å². The minimum atomic E-state index is -3.68. The number of carbonyl (C=O) groups excluding carboxylic acids is 1. The molecule has 0 fully saturated rings. The maximum absolute atomic E-state index is 11.6. The summed E-state index contributed by atoms with van der Waals surface area (Å²) >= 11 is 6.55. The van der Waals surface area contributed by atoms with Gasteiger partial charge in [0.1, 0.15) is 5.82 Å². The molecular formula is C16H19Br2N5O4S. The molecule has 2 rings (SSSR count). The molecule has 152 valence electrons. The number of nitrogens with two attached hydrogens (primary N) is 1. The molecule has 0 bridgehead atoms. The number of anilines is 3. The van der Waals surface area contributed by atoms with Gasteiger partial charge in [-0.25, -0.2) is 4.98 Å². The summed E-state index contributed by atoms with van der Waals surface area (Å²) in [6, 6.07) is 3.22. The highest BCUT2D eigenvalue weighted by molar-refractivity contribution is 9.11. The van der Waals surface area contributed by atoms with Crippen molar-refractivity contribution in [1.82, 2.24) is 9.97 Å². The van der Waals surface area contributed by atoms with E-state index in [1.807, 2.05) is 13.8 Å². The first-order valence-electron chi connectivity index (χ1n) is 8.02. The largest absolute Gasteiger partial charge is 0.380 e. The Morgan fingerprint density at radius 3 is 2.39 bits per heavy atom. The maximum Gasteiger partial charge on any atom is 0.306 e. The van der Waals surface area contributed by atoms with Crippen LogP contribution in [0.2, 0.25) is 0 Å². The van der Waals surface area contributed by atoms with Crippen LogP contribution >= 0.6 is 31.9 Å².